The molecule has 0 nitrogen and oxygen atoms in total. The highest BCUT2D eigenvalue weighted by molar-refractivity contribution is 6.29. The van der Waals surface area contributed by atoms with Gasteiger partial charge in [0.15, 0.2) is 0 Å². The van der Waals surface area contributed by atoms with E-state index in [0.29, 0.717) is 17.8 Å². The first-order chi connectivity index (χ1) is 13.0. The second kappa shape index (κ2) is 14.5. The zero-order valence-corrected chi connectivity index (χ0v) is 19.5. The highest BCUT2D eigenvalue weighted by Gasteiger charge is 2.18. The topological polar surface area (TPSA) is 0 Å². The summed E-state index contributed by atoms with van der Waals surface area (Å²) < 4.78 is 0. The first-order valence-corrected chi connectivity index (χ1v) is 12.1. The van der Waals surface area contributed by atoms with Gasteiger partial charge in [-0.15, -0.1) is 0 Å². The second-order valence-electron chi connectivity index (χ2n) is 8.89. The molecule has 0 N–H and O–H groups in total. The van der Waals surface area contributed by atoms with Crippen LogP contribution in [0.15, 0.2) is 34.9 Å². The smallest absolute Gasteiger partial charge is 0.0184 e. The first kappa shape index (κ1) is 24.5. The average Bonchev–Trinajstić information content (AvgIpc) is 2.61. The van der Waals surface area contributed by atoms with Crippen LogP contribution in [0.1, 0.15) is 105 Å². The molecule has 1 aliphatic rings. The number of hydrogen-bond acceptors (Lipinski definition) is 0. The van der Waals surface area contributed by atoms with Crippen molar-refractivity contribution < 1.29 is 0 Å². The van der Waals surface area contributed by atoms with E-state index in [0.717, 1.165) is 23.8 Å². The fraction of sp³-hybridized carbons (Fsp3) is 0.769. The van der Waals surface area contributed by atoms with Gasteiger partial charge in [0.25, 0.3) is 0 Å². The zero-order valence-electron chi connectivity index (χ0n) is 18.8. The van der Waals surface area contributed by atoms with E-state index in [-0.39, 0.29) is 0 Å². The van der Waals surface area contributed by atoms with E-state index in [1.807, 2.05) is 0 Å². The Morgan fingerprint density at radius 2 is 1.89 bits per heavy atom. The molecule has 1 rings (SSSR count). The lowest BCUT2D eigenvalue weighted by Gasteiger charge is -2.26. The quantitative estimate of drug-likeness (QED) is 0.258. The van der Waals surface area contributed by atoms with Crippen LogP contribution in [-0.2, 0) is 0 Å². The van der Waals surface area contributed by atoms with Crippen molar-refractivity contribution in [3.8, 4) is 0 Å². The van der Waals surface area contributed by atoms with Crippen molar-refractivity contribution in [2.45, 2.75) is 105 Å². The monoisotopic (exact) mass is 392 g/mol. The van der Waals surface area contributed by atoms with Crippen molar-refractivity contribution in [2.75, 3.05) is 0 Å². The van der Waals surface area contributed by atoms with Crippen molar-refractivity contribution in [1.29, 1.82) is 0 Å². The van der Waals surface area contributed by atoms with E-state index in [1.54, 1.807) is 0 Å². The number of hydrogen-bond donors (Lipinski definition) is 0. The summed E-state index contributed by atoms with van der Waals surface area (Å²) in [6, 6.07) is 0. The van der Waals surface area contributed by atoms with E-state index < -0.39 is 0 Å². The molecule has 156 valence electrons. The summed E-state index contributed by atoms with van der Waals surface area (Å²) in [6.07, 6.45) is 23.6. The van der Waals surface area contributed by atoms with Crippen LogP contribution >= 0.6 is 11.6 Å². The van der Waals surface area contributed by atoms with Crippen LogP contribution in [0.3, 0.4) is 0 Å². The maximum atomic E-state index is 6.61. The van der Waals surface area contributed by atoms with Gasteiger partial charge in [-0.1, -0.05) is 94.9 Å². The number of unbranched alkanes of at least 4 members (excludes halogenated alkanes) is 1. The zero-order chi connectivity index (χ0) is 20.1. The van der Waals surface area contributed by atoms with E-state index in [9.17, 15) is 0 Å². The lowest BCUT2D eigenvalue weighted by molar-refractivity contribution is 0.277. The van der Waals surface area contributed by atoms with Crippen molar-refractivity contribution in [1.82, 2.24) is 0 Å². The number of rotatable bonds is 14. The van der Waals surface area contributed by atoms with Crippen molar-refractivity contribution >= 4 is 11.6 Å². The van der Waals surface area contributed by atoms with Gasteiger partial charge in [-0.05, 0) is 69.1 Å². The van der Waals surface area contributed by atoms with Crippen molar-refractivity contribution in [2.24, 2.45) is 23.7 Å². The second-order valence-corrected chi connectivity index (χ2v) is 9.37. The standard InChI is InChI=1S/C26H45Cl/c1-6-9-10-14-25(8-3)22(5)16-15-21(4)19-26(27)20-23(7-2)17-18-24-12-11-13-24/h10,14-15,20,22-25H,6-9,11-13,16-19H2,1-5H3/b14-10?,21-15-,26-20+/t22?,23?,25-/m1/s1. The van der Waals surface area contributed by atoms with Crippen molar-refractivity contribution in [3.05, 3.63) is 34.9 Å². The minimum absolute atomic E-state index is 0.665. The van der Waals surface area contributed by atoms with Gasteiger partial charge in [-0.25, -0.2) is 0 Å². The lowest BCUT2D eigenvalue weighted by Crippen LogP contribution is -2.12. The van der Waals surface area contributed by atoms with Gasteiger partial charge in [-0.3, -0.25) is 0 Å². The summed E-state index contributed by atoms with van der Waals surface area (Å²) in [5, 5.41) is 1.05. The molecule has 1 aliphatic carbocycles. The predicted octanol–water partition coefficient (Wildman–Crippen LogP) is 9.46. The summed E-state index contributed by atoms with van der Waals surface area (Å²) in [5.41, 5.74) is 1.42. The Bertz CT molecular complexity index is 467. The van der Waals surface area contributed by atoms with Gasteiger partial charge in [-0.2, -0.15) is 0 Å². The van der Waals surface area contributed by atoms with Gasteiger partial charge < -0.3 is 0 Å². The van der Waals surface area contributed by atoms with Gasteiger partial charge in [0.1, 0.15) is 0 Å². The minimum Gasteiger partial charge on any atom is -0.0891 e. The molecule has 0 saturated heterocycles. The van der Waals surface area contributed by atoms with Crippen LogP contribution in [0.2, 0.25) is 0 Å². The molecule has 27 heavy (non-hydrogen) atoms. The molecule has 0 amide bonds. The van der Waals surface area contributed by atoms with Gasteiger partial charge in [0, 0.05) is 11.5 Å². The molecule has 0 aromatic carbocycles. The minimum atomic E-state index is 0.665. The molecule has 0 aromatic heterocycles. The van der Waals surface area contributed by atoms with Crippen LogP contribution in [0.5, 0.6) is 0 Å². The first-order valence-electron chi connectivity index (χ1n) is 11.7. The molecule has 1 fully saturated rings. The predicted molar refractivity (Wildman–Crippen MR) is 124 cm³/mol. The molecule has 1 saturated carbocycles. The Morgan fingerprint density at radius 1 is 1.15 bits per heavy atom. The van der Waals surface area contributed by atoms with E-state index in [4.69, 9.17) is 11.6 Å². The fourth-order valence-corrected chi connectivity index (χ4v) is 4.41. The molecular weight excluding hydrogens is 348 g/mol. The number of halogens is 1. The summed E-state index contributed by atoms with van der Waals surface area (Å²) in [7, 11) is 0. The van der Waals surface area contributed by atoms with E-state index >= 15 is 0 Å². The highest BCUT2D eigenvalue weighted by Crippen LogP contribution is 2.33. The van der Waals surface area contributed by atoms with Crippen LogP contribution in [0.4, 0.5) is 0 Å². The third-order valence-corrected chi connectivity index (χ3v) is 6.70. The molecule has 0 aliphatic heterocycles. The average molecular weight is 393 g/mol. The van der Waals surface area contributed by atoms with Crippen LogP contribution in [0.25, 0.3) is 0 Å². The lowest BCUT2D eigenvalue weighted by atomic mass is 9.80. The Morgan fingerprint density at radius 3 is 2.44 bits per heavy atom. The summed E-state index contributed by atoms with van der Waals surface area (Å²) in [4.78, 5) is 0. The van der Waals surface area contributed by atoms with Gasteiger partial charge >= 0.3 is 0 Å². The Hall–Kier alpha value is -0.490. The van der Waals surface area contributed by atoms with Crippen LogP contribution in [-0.4, -0.2) is 0 Å². The normalized spacial score (nSPS) is 19.9. The molecule has 2 unspecified atom stereocenters. The molecule has 0 heterocycles. The van der Waals surface area contributed by atoms with E-state index in [2.05, 4.69) is 58.9 Å². The molecule has 3 atom stereocenters. The largest absolute Gasteiger partial charge is 0.0891 e. The Balaban J connectivity index is 2.44. The van der Waals surface area contributed by atoms with E-state index in [1.165, 1.54) is 63.4 Å². The molecule has 0 bridgehead atoms. The molecule has 0 aromatic rings. The van der Waals surface area contributed by atoms with Gasteiger partial charge in [0.2, 0.25) is 0 Å². The van der Waals surface area contributed by atoms with Crippen LogP contribution in [0, 0.1) is 23.7 Å². The molecule has 0 spiro atoms. The third-order valence-electron chi connectivity index (χ3n) is 6.44. The molecular formula is C26H45Cl. The SMILES string of the molecule is CCCC=C[C@@H](CC)C(C)C/C=C(/C)C/C(Cl)=C\C(CC)CCC1CCC1. The summed E-state index contributed by atoms with van der Waals surface area (Å²) in [6.45, 7) is 11.5. The third kappa shape index (κ3) is 10.6. The van der Waals surface area contributed by atoms with Crippen LogP contribution < -0.4 is 0 Å². The van der Waals surface area contributed by atoms with Gasteiger partial charge in [0.05, 0.1) is 0 Å². The maximum Gasteiger partial charge on any atom is 0.0184 e. The Labute approximate surface area is 175 Å². The fourth-order valence-electron chi connectivity index (χ4n) is 4.02. The number of allylic oxidation sites excluding steroid dienone is 6. The maximum absolute atomic E-state index is 6.61. The highest BCUT2D eigenvalue weighted by atomic mass is 35.5. The molecule has 0 radical (unpaired) electrons. The summed E-state index contributed by atoms with van der Waals surface area (Å²) in [5.74, 6) is 3.07. The summed E-state index contributed by atoms with van der Waals surface area (Å²) >= 11 is 6.61. The Kier molecular flexibility index (Phi) is 13.2. The van der Waals surface area contributed by atoms with Crippen molar-refractivity contribution in [3.63, 3.8) is 0 Å². The molecule has 1 heteroatoms.